The summed E-state index contributed by atoms with van der Waals surface area (Å²) < 4.78 is 14.1. The Morgan fingerprint density at radius 3 is 2.65 bits per heavy atom. The van der Waals surface area contributed by atoms with E-state index >= 15 is 0 Å². The lowest BCUT2D eigenvalue weighted by atomic mass is 9.91. The van der Waals surface area contributed by atoms with Gasteiger partial charge in [-0.05, 0) is 43.2 Å². The molecule has 2 aromatic rings. The lowest BCUT2D eigenvalue weighted by Gasteiger charge is -2.36. The first-order valence-corrected chi connectivity index (χ1v) is 10.6. The molecule has 2 aromatic carbocycles. The maximum Gasteiger partial charge on any atom is 0.271 e. The van der Waals surface area contributed by atoms with Gasteiger partial charge in [-0.3, -0.25) is 9.59 Å². The van der Waals surface area contributed by atoms with Gasteiger partial charge in [0, 0.05) is 16.7 Å². The van der Waals surface area contributed by atoms with Gasteiger partial charge in [0.05, 0.1) is 11.4 Å². The van der Waals surface area contributed by atoms with Gasteiger partial charge in [-0.2, -0.15) is 15.8 Å². The quantitative estimate of drug-likeness (QED) is 0.336. The Kier molecular flexibility index (Phi) is 6.63. The van der Waals surface area contributed by atoms with Gasteiger partial charge in [0.15, 0.2) is 0 Å². The Morgan fingerprint density at radius 1 is 1.18 bits per heavy atom. The number of halogens is 1. The second kappa shape index (κ2) is 9.95. The van der Waals surface area contributed by atoms with Gasteiger partial charge in [-0.1, -0.05) is 48.6 Å². The van der Waals surface area contributed by atoms with Crippen LogP contribution < -0.4 is 16.3 Å². The molecule has 0 bridgehead atoms. The molecule has 0 saturated carbocycles. The van der Waals surface area contributed by atoms with Crippen molar-refractivity contribution < 1.29 is 18.8 Å². The number of hydrazone groups is 1. The third-order valence-electron chi connectivity index (χ3n) is 5.39. The first-order valence-electron chi connectivity index (χ1n) is 10.6. The zero-order valence-electron chi connectivity index (χ0n) is 18.3. The van der Waals surface area contributed by atoms with Crippen molar-refractivity contribution in [2.75, 3.05) is 0 Å². The van der Waals surface area contributed by atoms with Crippen LogP contribution in [0.15, 0.2) is 94.8 Å². The SMILES string of the molecule is C/C(=N\NN1NC(=O)C2=CC=CCC2=C1C(C=O)NC(=O)c1ccccc1)c1ccccc1F. The number of hydrogen-bond donors (Lipinski definition) is 3. The van der Waals surface area contributed by atoms with Crippen molar-refractivity contribution in [3.63, 3.8) is 0 Å². The molecule has 4 rings (SSSR count). The summed E-state index contributed by atoms with van der Waals surface area (Å²) in [6.07, 6.45) is 6.18. The van der Waals surface area contributed by atoms with E-state index in [1.807, 2.05) is 6.08 Å². The molecule has 1 heterocycles. The average Bonchev–Trinajstić information content (AvgIpc) is 2.87. The van der Waals surface area contributed by atoms with E-state index < -0.39 is 23.7 Å². The molecule has 172 valence electrons. The van der Waals surface area contributed by atoms with E-state index in [1.54, 1.807) is 67.6 Å². The van der Waals surface area contributed by atoms with Crippen LogP contribution in [0.3, 0.4) is 0 Å². The zero-order valence-corrected chi connectivity index (χ0v) is 18.3. The molecule has 1 aliphatic carbocycles. The predicted molar refractivity (Wildman–Crippen MR) is 124 cm³/mol. The highest BCUT2D eigenvalue weighted by Crippen LogP contribution is 2.29. The summed E-state index contributed by atoms with van der Waals surface area (Å²) in [5, 5.41) is 8.08. The second-order valence-corrected chi connectivity index (χ2v) is 7.58. The molecule has 34 heavy (non-hydrogen) atoms. The molecule has 1 unspecified atom stereocenters. The van der Waals surface area contributed by atoms with Crippen molar-refractivity contribution in [2.24, 2.45) is 5.10 Å². The molecule has 2 aliphatic rings. The minimum absolute atomic E-state index is 0.276. The van der Waals surface area contributed by atoms with E-state index in [1.165, 1.54) is 11.2 Å². The minimum Gasteiger partial charge on any atom is -0.337 e. The number of amides is 2. The van der Waals surface area contributed by atoms with Gasteiger partial charge in [-0.25, -0.2) is 9.82 Å². The number of rotatable bonds is 7. The smallest absolute Gasteiger partial charge is 0.271 e. The second-order valence-electron chi connectivity index (χ2n) is 7.58. The number of aldehydes is 1. The molecule has 3 N–H and O–H groups in total. The molecule has 1 atom stereocenters. The summed E-state index contributed by atoms with van der Waals surface area (Å²) in [6.45, 7) is 1.60. The number of allylic oxidation sites excluding steroid dienone is 3. The van der Waals surface area contributed by atoms with Crippen molar-refractivity contribution in [1.82, 2.24) is 21.4 Å². The topological polar surface area (TPSA) is 103 Å². The molecule has 2 amide bonds. The van der Waals surface area contributed by atoms with Crippen LogP contribution in [0.2, 0.25) is 0 Å². The molecular weight excluding hydrogens is 437 g/mol. The van der Waals surface area contributed by atoms with E-state index in [4.69, 9.17) is 0 Å². The number of hydrazine groups is 2. The molecule has 0 fully saturated rings. The van der Waals surface area contributed by atoms with Crippen LogP contribution in [0.5, 0.6) is 0 Å². The summed E-state index contributed by atoms with van der Waals surface area (Å²) in [4.78, 5) is 37.6. The maximum atomic E-state index is 14.1. The Hall–Kier alpha value is -4.53. The monoisotopic (exact) mass is 459 g/mol. The number of carbonyl (C=O) groups excluding carboxylic acids is 3. The molecule has 0 radical (unpaired) electrons. The summed E-state index contributed by atoms with van der Waals surface area (Å²) >= 11 is 0. The zero-order chi connectivity index (χ0) is 24.1. The third kappa shape index (κ3) is 4.63. The average molecular weight is 459 g/mol. The molecule has 9 heteroatoms. The molecule has 1 aliphatic heterocycles. The van der Waals surface area contributed by atoms with Crippen LogP contribution in [0, 0.1) is 5.82 Å². The van der Waals surface area contributed by atoms with Gasteiger partial charge < -0.3 is 10.1 Å². The van der Waals surface area contributed by atoms with Gasteiger partial charge >= 0.3 is 0 Å². The molecule has 0 spiro atoms. The first-order chi connectivity index (χ1) is 16.5. The van der Waals surface area contributed by atoms with E-state index in [9.17, 15) is 18.8 Å². The van der Waals surface area contributed by atoms with Crippen LogP contribution in [0.1, 0.15) is 29.3 Å². The Bertz CT molecular complexity index is 1250. The lowest BCUT2D eigenvalue weighted by Crippen LogP contribution is -2.57. The van der Waals surface area contributed by atoms with Crippen molar-refractivity contribution in [3.05, 3.63) is 107 Å². The number of carbonyl (C=O) groups is 3. The normalized spacial score (nSPS) is 16.3. The largest absolute Gasteiger partial charge is 0.337 e. The van der Waals surface area contributed by atoms with Crippen LogP contribution in [0.4, 0.5) is 4.39 Å². The number of nitrogens with one attached hydrogen (secondary N) is 3. The summed E-state index contributed by atoms with van der Waals surface area (Å²) in [6, 6.07) is 13.5. The predicted octanol–water partition coefficient (Wildman–Crippen LogP) is 2.54. The molecule has 0 saturated heterocycles. The number of fused-ring (bicyclic) bond motifs is 1. The van der Waals surface area contributed by atoms with Gasteiger partial charge in [0.1, 0.15) is 18.1 Å². The van der Waals surface area contributed by atoms with Crippen molar-refractivity contribution in [1.29, 1.82) is 0 Å². The first kappa shape index (κ1) is 22.7. The van der Waals surface area contributed by atoms with E-state index in [0.717, 1.165) is 0 Å². The Morgan fingerprint density at radius 2 is 1.91 bits per heavy atom. The number of nitrogens with zero attached hydrogens (tertiary/aromatic N) is 2. The van der Waals surface area contributed by atoms with Crippen LogP contribution in [-0.4, -0.2) is 35.0 Å². The highest BCUT2D eigenvalue weighted by molar-refractivity contribution is 6.01. The van der Waals surface area contributed by atoms with Gasteiger partial charge in [0.25, 0.3) is 11.8 Å². The van der Waals surface area contributed by atoms with E-state index in [-0.39, 0.29) is 5.56 Å². The van der Waals surface area contributed by atoms with Gasteiger partial charge in [0.2, 0.25) is 0 Å². The third-order valence-corrected chi connectivity index (χ3v) is 5.39. The van der Waals surface area contributed by atoms with Crippen molar-refractivity contribution in [3.8, 4) is 0 Å². The van der Waals surface area contributed by atoms with Crippen molar-refractivity contribution in [2.45, 2.75) is 19.4 Å². The summed E-state index contributed by atoms with van der Waals surface area (Å²) in [7, 11) is 0. The number of benzene rings is 2. The Labute approximate surface area is 195 Å². The van der Waals surface area contributed by atoms with Crippen molar-refractivity contribution >= 4 is 23.8 Å². The maximum absolute atomic E-state index is 14.1. The van der Waals surface area contributed by atoms with Crippen LogP contribution in [-0.2, 0) is 9.59 Å². The van der Waals surface area contributed by atoms with Crippen LogP contribution in [0.25, 0.3) is 0 Å². The fourth-order valence-corrected chi connectivity index (χ4v) is 3.70. The highest BCUT2D eigenvalue weighted by atomic mass is 19.1. The fraction of sp³-hybridized carbons (Fsp3) is 0.120. The lowest BCUT2D eigenvalue weighted by molar-refractivity contribution is -0.124. The minimum atomic E-state index is -1.10. The number of hydrogen-bond acceptors (Lipinski definition) is 6. The fourth-order valence-electron chi connectivity index (χ4n) is 3.70. The molecule has 8 nitrogen and oxygen atoms in total. The van der Waals surface area contributed by atoms with Gasteiger partial charge in [-0.15, -0.1) is 0 Å². The highest BCUT2D eigenvalue weighted by Gasteiger charge is 2.35. The summed E-state index contributed by atoms with van der Waals surface area (Å²) in [5.41, 5.74) is 7.54. The van der Waals surface area contributed by atoms with E-state index in [2.05, 4.69) is 21.4 Å². The van der Waals surface area contributed by atoms with Crippen LogP contribution >= 0.6 is 0 Å². The molecular formula is C25H22FN5O3. The van der Waals surface area contributed by atoms with E-state index in [0.29, 0.717) is 40.8 Å². The molecule has 0 aromatic heterocycles. The summed E-state index contributed by atoms with van der Waals surface area (Å²) in [5.74, 6) is -1.31. The standard InChI is InChI=1S/C25H22FN5O3/c1-16(18-11-7-8-14-21(18)26)28-30-31-23(19-12-5-6-13-20(19)25(34)29-31)22(15-32)27-24(33)17-9-3-2-4-10-17/h2-11,13-15,22,30H,12H2,1H3,(H,27,33)(H,29,34)/b28-16+. The Balaban J connectivity index is 1.68.